The smallest absolute Gasteiger partial charge is 0.328 e. The Morgan fingerprint density at radius 3 is 1.51 bits per heavy atom. The first-order valence-corrected chi connectivity index (χ1v) is 15.2. The van der Waals surface area contributed by atoms with Crippen molar-refractivity contribution in [1.82, 2.24) is 0 Å². The van der Waals surface area contributed by atoms with Crippen molar-refractivity contribution in [2.24, 2.45) is 10.8 Å². The molecule has 1 aliphatic carbocycles. The lowest BCUT2D eigenvalue weighted by Crippen LogP contribution is -2.42. The predicted molar refractivity (Wildman–Crippen MR) is 147 cm³/mol. The van der Waals surface area contributed by atoms with Crippen LogP contribution in [0.15, 0.2) is 24.3 Å². The minimum absolute atomic E-state index is 0.266. The van der Waals surface area contributed by atoms with E-state index in [4.69, 9.17) is 4.74 Å². The van der Waals surface area contributed by atoms with Crippen LogP contribution >= 0.6 is 0 Å². The highest BCUT2D eigenvalue weighted by molar-refractivity contribution is 6.04. The molecule has 0 aromatic heterocycles. The molecule has 3 nitrogen and oxygen atoms in total. The molecule has 1 spiro atoms. The first-order valence-electron chi connectivity index (χ1n) is 15.2. The number of rotatable bonds is 16. The van der Waals surface area contributed by atoms with E-state index in [1.54, 1.807) is 0 Å². The predicted octanol–water partition coefficient (Wildman–Crippen LogP) is 9.79. The average Bonchev–Trinajstić information content (AvgIpc) is 3.13. The molecule has 0 N–H and O–H groups in total. The Morgan fingerprint density at radius 2 is 1.03 bits per heavy atom. The van der Waals surface area contributed by atoms with Gasteiger partial charge < -0.3 is 4.74 Å². The minimum Gasteiger partial charge on any atom is -0.392 e. The number of hydrogen-bond acceptors (Lipinski definition) is 3. The number of esters is 2. The zero-order valence-electron chi connectivity index (χ0n) is 23.1. The van der Waals surface area contributed by atoms with Crippen molar-refractivity contribution in [1.29, 1.82) is 0 Å². The summed E-state index contributed by atoms with van der Waals surface area (Å²) in [5, 5.41) is 0. The van der Waals surface area contributed by atoms with Crippen LogP contribution in [0.4, 0.5) is 0 Å². The first-order chi connectivity index (χ1) is 17.1. The summed E-state index contributed by atoms with van der Waals surface area (Å²) in [6.07, 6.45) is 33.9. The molecular formula is C32H54O3. The summed E-state index contributed by atoms with van der Waals surface area (Å²) in [7, 11) is 0. The van der Waals surface area contributed by atoms with Gasteiger partial charge in [-0.1, -0.05) is 141 Å². The van der Waals surface area contributed by atoms with Crippen molar-refractivity contribution in [3.63, 3.8) is 0 Å². The lowest BCUT2D eigenvalue weighted by Gasteiger charge is -2.36. The maximum Gasteiger partial charge on any atom is 0.328 e. The molecule has 0 radical (unpaired) electrons. The van der Waals surface area contributed by atoms with Crippen LogP contribution < -0.4 is 0 Å². The Balaban J connectivity index is 2.14. The second-order valence-corrected chi connectivity index (χ2v) is 11.2. The van der Waals surface area contributed by atoms with Gasteiger partial charge in [0.05, 0.1) is 5.41 Å². The molecule has 0 amide bonds. The SMILES string of the molecule is CCCCCCCC/C=C/C1(/C=C/CCCCCCCC)C(=O)OC(=O)C12CCCCCCCC2. The Bertz CT molecular complexity index is 624. The average molecular weight is 487 g/mol. The van der Waals surface area contributed by atoms with Crippen LogP contribution in [0, 0.1) is 10.8 Å². The lowest BCUT2D eigenvalue weighted by molar-refractivity contribution is -0.155. The van der Waals surface area contributed by atoms with Crippen LogP contribution in [-0.2, 0) is 14.3 Å². The fourth-order valence-corrected chi connectivity index (χ4v) is 6.07. The normalized spacial score (nSPS) is 20.4. The van der Waals surface area contributed by atoms with Gasteiger partial charge in [0.15, 0.2) is 0 Å². The molecule has 0 aromatic carbocycles. The molecule has 35 heavy (non-hydrogen) atoms. The highest BCUT2D eigenvalue weighted by Gasteiger charge is 2.65. The molecule has 0 unspecified atom stereocenters. The van der Waals surface area contributed by atoms with E-state index in [9.17, 15) is 9.59 Å². The van der Waals surface area contributed by atoms with Crippen molar-refractivity contribution in [3.05, 3.63) is 24.3 Å². The highest BCUT2D eigenvalue weighted by atomic mass is 16.6. The standard InChI is InChI=1S/C32H54O3/c1-3-5-7-9-11-13-17-21-25-31(26-22-18-14-12-10-8-6-4-2)29(33)35-30(34)32(31)27-23-19-15-16-20-24-28-32/h21-22,25-26H,3-20,23-24,27-28H2,1-2H3/b25-21+,26-22+. The number of cyclic esters (lactones) is 2. The van der Waals surface area contributed by atoms with Gasteiger partial charge in [0.25, 0.3) is 0 Å². The van der Waals surface area contributed by atoms with Gasteiger partial charge in [-0.2, -0.15) is 0 Å². The van der Waals surface area contributed by atoms with E-state index >= 15 is 0 Å². The van der Waals surface area contributed by atoms with Crippen LogP contribution in [-0.4, -0.2) is 11.9 Å². The van der Waals surface area contributed by atoms with Gasteiger partial charge in [0.1, 0.15) is 5.41 Å². The molecule has 200 valence electrons. The third kappa shape index (κ3) is 8.90. The van der Waals surface area contributed by atoms with Gasteiger partial charge >= 0.3 is 11.9 Å². The summed E-state index contributed by atoms with van der Waals surface area (Å²) in [5.41, 5.74) is -1.64. The lowest BCUT2D eigenvalue weighted by atomic mass is 9.59. The second kappa shape index (κ2) is 17.1. The van der Waals surface area contributed by atoms with Gasteiger partial charge in [-0.3, -0.25) is 9.59 Å². The molecule has 1 saturated carbocycles. The summed E-state index contributed by atoms with van der Waals surface area (Å²) in [5.74, 6) is -0.599. The van der Waals surface area contributed by atoms with E-state index in [0.717, 1.165) is 64.2 Å². The minimum atomic E-state index is -0.918. The second-order valence-electron chi connectivity index (χ2n) is 11.2. The third-order valence-corrected chi connectivity index (χ3v) is 8.37. The Labute approximate surface area is 216 Å². The number of hydrogen-bond donors (Lipinski definition) is 0. The summed E-state index contributed by atoms with van der Waals surface area (Å²) in [6.45, 7) is 4.49. The van der Waals surface area contributed by atoms with Crippen LogP contribution in [0.2, 0.25) is 0 Å². The van der Waals surface area contributed by atoms with E-state index in [1.807, 2.05) is 0 Å². The van der Waals surface area contributed by atoms with Crippen molar-refractivity contribution in [2.75, 3.05) is 0 Å². The summed E-state index contributed by atoms with van der Waals surface area (Å²) in [4.78, 5) is 26.7. The third-order valence-electron chi connectivity index (χ3n) is 8.37. The van der Waals surface area contributed by atoms with E-state index in [0.29, 0.717) is 0 Å². The quantitative estimate of drug-likeness (QED) is 0.0943. The fourth-order valence-electron chi connectivity index (χ4n) is 6.07. The molecule has 1 aliphatic heterocycles. The van der Waals surface area contributed by atoms with Crippen molar-refractivity contribution >= 4 is 11.9 Å². The molecular weight excluding hydrogens is 432 g/mol. The van der Waals surface area contributed by atoms with Gasteiger partial charge in [-0.15, -0.1) is 0 Å². The monoisotopic (exact) mass is 486 g/mol. The van der Waals surface area contributed by atoms with Crippen molar-refractivity contribution in [2.45, 2.75) is 155 Å². The topological polar surface area (TPSA) is 43.4 Å². The number of unbranched alkanes of at least 4 members (excludes halogenated alkanes) is 12. The van der Waals surface area contributed by atoms with E-state index in [1.165, 1.54) is 77.0 Å². The van der Waals surface area contributed by atoms with E-state index < -0.39 is 10.8 Å². The molecule has 0 atom stereocenters. The van der Waals surface area contributed by atoms with Crippen LogP contribution in [0.25, 0.3) is 0 Å². The molecule has 0 bridgehead atoms. The van der Waals surface area contributed by atoms with Crippen molar-refractivity contribution < 1.29 is 14.3 Å². The molecule has 2 fully saturated rings. The zero-order valence-corrected chi connectivity index (χ0v) is 23.1. The van der Waals surface area contributed by atoms with E-state index in [-0.39, 0.29) is 11.9 Å². The van der Waals surface area contributed by atoms with E-state index in [2.05, 4.69) is 38.2 Å². The number of allylic oxidation sites excluding steroid dienone is 2. The zero-order chi connectivity index (χ0) is 25.2. The highest BCUT2D eigenvalue weighted by Crippen LogP contribution is 2.56. The van der Waals surface area contributed by atoms with Gasteiger partial charge in [0.2, 0.25) is 0 Å². The maximum absolute atomic E-state index is 13.4. The summed E-state index contributed by atoms with van der Waals surface area (Å²) >= 11 is 0. The first kappa shape index (κ1) is 29.8. The Morgan fingerprint density at radius 1 is 0.600 bits per heavy atom. The number of ether oxygens (including phenoxy) is 1. The molecule has 0 aromatic rings. The van der Waals surface area contributed by atoms with Crippen molar-refractivity contribution in [3.8, 4) is 0 Å². The number of carbonyl (C=O) groups excluding carboxylic acids is 2. The van der Waals surface area contributed by atoms with Crippen LogP contribution in [0.5, 0.6) is 0 Å². The molecule has 1 saturated heterocycles. The molecule has 3 heteroatoms. The van der Waals surface area contributed by atoms with Crippen LogP contribution in [0.3, 0.4) is 0 Å². The molecule has 1 heterocycles. The van der Waals surface area contributed by atoms with Gasteiger partial charge in [-0.05, 0) is 38.5 Å². The maximum atomic E-state index is 13.4. The number of carbonyl (C=O) groups is 2. The molecule has 2 rings (SSSR count). The van der Waals surface area contributed by atoms with Gasteiger partial charge in [0, 0.05) is 0 Å². The molecule has 2 aliphatic rings. The van der Waals surface area contributed by atoms with Crippen LogP contribution in [0.1, 0.15) is 155 Å². The summed E-state index contributed by atoms with van der Waals surface area (Å²) < 4.78 is 5.47. The summed E-state index contributed by atoms with van der Waals surface area (Å²) in [6, 6.07) is 0. The Kier molecular flexibility index (Phi) is 14.6. The fraction of sp³-hybridized carbons (Fsp3) is 0.812. The van der Waals surface area contributed by atoms with Gasteiger partial charge in [-0.25, -0.2) is 0 Å². The Hall–Kier alpha value is -1.38. The largest absolute Gasteiger partial charge is 0.392 e.